The van der Waals surface area contributed by atoms with Gasteiger partial charge in [0.2, 0.25) is 5.91 Å². The second-order valence-corrected chi connectivity index (χ2v) is 8.46. The van der Waals surface area contributed by atoms with Gasteiger partial charge >= 0.3 is 0 Å². The van der Waals surface area contributed by atoms with Gasteiger partial charge in [0.25, 0.3) is 5.91 Å². The van der Waals surface area contributed by atoms with Crippen LogP contribution in [-0.4, -0.2) is 34.2 Å². The molecule has 0 radical (unpaired) electrons. The molecule has 0 unspecified atom stereocenters. The van der Waals surface area contributed by atoms with Crippen molar-refractivity contribution < 1.29 is 9.59 Å². The lowest BCUT2D eigenvalue weighted by Gasteiger charge is -2.48. The fourth-order valence-electron chi connectivity index (χ4n) is 5.71. The Balaban J connectivity index is 1.61. The third kappa shape index (κ3) is 2.11. The number of imide groups is 1. The zero-order chi connectivity index (χ0) is 20.5. The van der Waals surface area contributed by atoms with Crippen LogP contribution in [0.25, 0.3) is 5.69 Å². The van der Waals surface area contributed by atoms with Crippen LogP contribution in [0.5, 0.6) is 0 Å². The highest BCUT2D eigenvalue weighted by molar-refractivity contribution is 6.14. The van der Waals surface area contributed by atoms with Crippen molar-refractivity contribution in [1.82, 2.24) is 15.1 Å². The fraction of sp³-hybridized carbons (Fsp3) is 0.292. The highest BCUT2D eigenvalue weighted by Crippen LogP contribution is 2.50. The van der Waals surface area contributed by atoms with E-state index >= 15 is 0 Å². The largest absolute Gasteiger partial charge is 0.352 e. The number of aryl methyl sites for hydroxylation is 1. The standard InChI is InChI=1S/C24H22N4O2/c1-15-18-14-24(19-11-6-5-10-17(19)21(29)25-23(24)30)20-12-7-13-27(20)22(18)28(26-15)16-8-3-2-4-9-16/h2-6,8-11,20H,7,12-14H2,1H3,(H,25,29,30)/t20-,24+/m0/s1. The van der Waals surface area contributed by atoms with Crippen LogP contribution in [-0.2, 0) is 16.6 Å². The maximum atomic E-state index is 13.5. The van der Waals surface area contributed by atoms with E-state index in [1.165, 1.54) is 0 Å². The first-order valence-corrected chi connectivity index (χ1v) is 10.5. The third-order valence-electron chi connectivity index (χ3n) is 6.99. The van der Waals surface area contributed by atoms with Crippen molar-refractivity contribution in [3.63, 3.8) is 0 Å². The number of rotatable bonds is 1. The van der Waals surface area contributed by atoms with Gasteiger partial charge in [-0.2, -0.15) is 5.10 Å². The molecule has 2 aromatic carbocycles. The Morgan fingerprint density at radius 3 is 2.67 bits per heavy atom. The first kappa shape index (κ1) is 17.4. The minimum absolute atomic E-state index is 0.00203. The van der Waals surface area contributed by atoms with Gasteiger partial charge in [0.1, 0.15) is 5.82 Å². The molecule has 6 heteroatoms. The van der Waals surface area contributed by atoms with Gasteiger partial charge in [0.15, 0.2) is 0 Å². The number of para-hydroxylation sites is 1. The second kappa shape index (κ2) is 6.05. The van der Waals surface area contributed by atoms with E-state index in [-0.39, 0.29) is 17.9 Å². The van der Waals surface area contributed by atoms with Crippen molar-refractivity contribution in [2.24, 2.45) is 0 Å². The number of amides is 2. The summed E-state index contributed by atoms with van der Waals surface area (Å²) in [6, 6.07) is 17.7. The number of aromatic nitrogens is 2. The van der Waals surface area contributed by atoms with Crippen molar-refractivity contribution in [1.29, 1.82) is 0 Å². The van der Waals surface area contributed by atoms with Crippen LogP contribution in [0.2, 0.25) is 0 Å². The molecule has 3 aliphatic rings. The molecule has 6 nitrogen and oxygen atoms in total. The SMILES string of the molecule is Cc1nn(-c2ccccc2)c2c1C[C@]1(C(=O)NC(=O)c3ccccc31)[C@@H]1CCCN21. The summed E-state index contributed by atoms with van der Waals surface area (Å²) in [7, 11) is 0. The van der Waals surface area contributed by atoms with Gasteiger partial charge in [0, 0.05) is 23.7 Å². The molecule has 2 amide bonds. The number of nitrogens with one attached hydrogen (secondary N) is 1. The van der Waals surface area contributed by atoms with E-state index in [0.29, 0.717) is 12.0 Å². The van der Waals surface area contributed by atoms with Crippen LogP contribution < -0.4 is 10.2 Å². The van der Waals surface area contributed by atoms with Crippen molar-refractivity contribution in [2.45, 2.75) is 37.6 Å². The molecule has 6 rings (SSSR count). The van der Waals surface area contributed by atoms with Gasteiger partial charge < -0.3 is 4.90 Å². The summed E-state index contributed by atoms with van der Waals surface area (Å²) in [5.41, 5.74) is 3.74. The van der Waals surface area contributed by atoms with Crippen LogP contribution in [0.4, 0.5) is 5.82 Å². The van der Waals surface area contributed by atoms with Gasteiger partial charge in [-0.1, -0.05) is 36.4 Å². The summed E-state index contributed by atoms with van der Waals surface area (Å²) in [5, 5.41) is 7.54. The number of fused-ring (bicyclic) bond motifs is 6. The summed E-state index contributed by atoms with van der Waals surface area (Å²) in [5.74, 6) is 0.614. The Hall–Kier alpha value is -3.41. The molecule has 0 aliphatic carbocycles. The Bertz CT molecular complexity index is 1200. The van der Waals surface area contributed by atoms with Crippen LogP contribution in [0, 0.1) is 6.92 Å². The first-order valence-electron chi connectivity index (χ1n) is 10.5. The van der Waals surface area contributed by atoms with Gasteiger partial charge in [-0.25, -0.2) is 4.68 Å². The number of carbonyl (C=O) groups is 2. The Morgan fingerprint density at radius 2 is 1.83 bits per heavy atom. The number of benzene rings is 2. The molecule has 30 heavy (non-hydrogen) atoms. The molecule has 1 aromatic heterocycles. The average molecular weight is 398 g/mol. The smallest absolute Gasteiger partial charge is 0.258 e. The molecule has 3 aliphatic heterocycles. The molecular weight excluding hydrogens is 376 g/mol. The van der Waals surface area contributed by atoms with Crippen molar-refractivity contribution in [3.8, 4) is 5.69 Å². The van der Waals surface area contributed by atoms with Crippen molar-refractivity contribution in [3.05, 3.63) is 77.0 Å². The fourth-order valence-corrected chi connectivity index (χ4v) is 5.71. The maximum absolute atomic E-state index is 13.5. The summed E-state index contributed by atoms with van der Waals surface area (Å²) >= 11 is 0. The number of hydrogen-bond acceptors (Lipinski definition) is 4. The van der Waals surface area contributed by atoms with Crippen molar-refractivity contribution >= 4 is 17.6 Å². The highest BCUT2D eigenvalue weighted by atomic mass is 16.2. The molecule has 0 saturated carbocycles. The van der Waals surface area contributed by atoms with E-state index < -0.39 is 5.41 Å². The van der Waals surface area contributed by atoms with E-state index in [1.807, 2.05) is 54.1 Å². The Labute approximate surface area is 174 Å². The molecule has 2 atom stereocenters. The van der Waals surface area contributed by atoms with Crippen LogP contribution in [0.15, 0.2) is 54.6 Å². The summed E-state index contributed by atoms with van der Waals surface area (Å²) in [6.07, 6.45) is 2.47. The van der Waals surface area contributed by atoms with Crippen LogP contribution >= 0.6 is 0 Å². The lowest BCUT2D eigenvalue weighted by atomic mass is 9.64. The molecule has 1 fully saturated rings. The number of nitrogens with zero attached hydrogens (tertiary/aromatic N) is 3. The Morgan fingerprint density at radius 1 is 1.07 bits per heavy atom. The third-order valence-corrected chi connectivity index (χ3v) is 6.99. The van der Waals surface area contributed by atoms with E-state index in [9.17, 15) is 9.59 Å². The predicted molar refractivity (Wildman–Crippen MR) is 113 cm³/mol. The maximum Gasteiger partial charge on any atom is 0.258 e. The van der Waals surface area contributed by atoms with Gasteiger partial charge in [0.05, 0.1) is 16.8 Å². The van der Waals surface area contributed by atoms with Crippen molar-refractivity contribution in [2.75, 3.05) is 11.4 Å². The number of anilines is 1. The Kier molecular flexibility index (Phi) is 3.52. The number of carbonyl (C=O) groups excluding carboxylic acids is 2. The second-order valence-electron chi connectivity index (χ2n) is 8.46. The van der Waals surface area contributed by atoms with E-state index in [4.69, 9.17) is 5.10 Å². The summed E-state index contributed by atoms with van der Waals surface area (Å²) in [4.78, 5) is 28.4. The normalized spacial score (nSPS) is 24.4. The molecule has 1 spiro atoms. The van der Waals surface area contributed by atoms with Gasteiger partial charge in [-0.3, -0.25) is 14.9 Å². The molecule has 1 N–H and O–H groups in total. The minimum atomic E-state index is -0.774. The highest BCUT2D eigenvalue weighted by Gasteiger charge is 2.58. The quantitative estimate of drug-likeness (QED) is 0.640. The van der Waals surface area contributed by atoms with Crippen LogP contribution in [0.3, 0.4) is 0 Å². The first-order chi connectivity index (χ1) is 14.6. The predicted octanol–water partition coefficient (Wildman–Crippen LogP) is 2.91. The zero-order valence-corrected chi connectivity index (χ0v) is 16.8. The lowest BCUT2D eigenvalue weighted by molar-refractivity contribution is -0.127. The number of hydrogen-bond donors (Lipinski definition) is 1. The lowest BCUT2D eigenvalue weighted by Crippen LogP contribution is -2.64. The van der Waals surface area contributed by atoms with Crippen LogP contribution in [0.1, 0.15) is 40.0 Å². The van der Waals surface area contributed by atoms with E-state index in [2.05, 4.69) is 22.3 Å². The monoisotopic (exact) mass is 398 g/mol. The molecule has 4 heterocycles. The summed E-state index contributed by atoms with van der Waals surface area (Å²) in [6.45, 7) is 2.89. The molecule has 1 saturated heterocycles. The average Bonchev–Trinajstić information content (AvgIpc) is 3.38. The molecule has 0 bridgehead atoms. The van der Waals surface area contributed by atoms with E-state index in [1.54, 1.807) is 0 Å². The molecular formula is C24H22N4O2. The van der Waals surface area contributed by atoms with E-state index in [0.717, 1.165) is 47.7 Å². The molecule has 150 valence electrons. The van der Waals surface area contributed by atoms with Gasteiger partial charge in [-0.15, -0.1) is 0 Å². The topological polar surface area (TPSA) is 67.2 Å². The molecule has 3 aromatic rings. The summed E-state index contributed by atoms with van der Waals surface area (Å²) < 4.78 is 2.02. The van der Waals surface area contributed by atoms with Gasteiger partial charge in [-0.05, 0) is 49.9 Å². The minimum Gasteiger partial charge on any atom is -0.352 e. The zero-order valence-electron chi connectivity index (χ0n) is 16.8.